The van der Waals surface area contributed by atoms with Crippen molar-refractivity contribution < 1.29 is 4.79 Å². The Balaban J connectivity index is 1.63. The van der Waals surface area contributed by atoms with E-state index in [4.69, 9.17) is 0 Å². The summed E-state index contributed by atoms with van der Waals surface area (Å²) in [6.45, 7) is 0.458. The Morgan fingerprint density at radius 2 is 1.92 bits per heavy atom. The molecule has 1 N–H and O–H groups in total. The van der Waals surface area contributed by atoms with Crippen LogP contribution in [0.25, 0.3) is 5.69 Å². The number of hydrogen-bond acceptors (Lipinski definition) is 3. The minimum Gasteiger partial charge on any atom is -0.346 e. The molecule has 1 aliphatic carbocycles. The van der Waals surface area contributed by atoms with Crippen LogP contribution in [0.2, 0.25) is 0 Å². The highest BCUT2D eigenvalue weighted by Crippen LogP contribution is 2.27. The van der Waals surface area contributed by atoms with E-state index in [1.807, 2.05) is 47.1 Å². The molecule has 0 unspecified atom stereocenters. The number of rotatable bonds is 4. The first kappa shape index (κ1) is 15.6. The number of benzene rings is 1. The van der Waals surface area contributed by atoms with Crippen LogP contribution in [0.1, 0.15) is 40.2 Å². The number of fused-ring (bicyclic) bond motifs is 1. The molecule has 1 aliphatic rings. The van der Waals surface area contributed by atoms with Gasteiger partial charge in [-0.3, -0.25) is 9.78 Å². The number of carbonyl (C=O) groups is 1. The molecule has 0 spiro atoms. The van der Waals surface area contributed by atoms with Crippen molar-refractivity contribution in [1.29, 1.82) is 0 Å². The molecule has 0 atom stereocenters. The fourth-order valence-corrected chi connectivity index (χ4v) is 3.33. The SMILES string of the molecule is O=C(NCc1cccnc1)c1nn(-c2ccccc2)c2c1CCCC2. The molecule has 0 saturated carbocycles. The van der Waals surface area contributed by atoms with Gasteiger partial charge in [0.15, 0.2) is 5.69 Å². The van der Waals surface area contributed by atoms with Gasteiger partial charge in [0.05, 0.1) is 5.69 Å². The van der Waals surface area contributed by atoms with E-state index in [1.165, 1.54) is 5.69 Å². The van der Waals surface area contributed by atoms with Gasteiger partial charge in [0.2, 0.25) is 0 Å². The van der Waals surface area contributed by atoms with Gasteiger partial charge >= 0.3 is 0 Å². The topological polar surface area (TPSA) is 59.8 Å². The second-order valence-corrected chi connectivity index (χ2v) is 6.27. The second-order valence-electron chi connectivity index (χ2n) is 6.27. The maximum absolute atomic E-state index is 12.7. The average Bonchev–Trinajstić information content (AvgIpc) is 3.07. The first-order valence-corrected chi connectivity index (χ1v) is 8.66. The Hall–Kier alpha value is -2.95. The van der Waals surface area contributed by atoms with Crippen LogP contribution in [0.3, 0.4) is 0 Å². The third kappa shape index (κ3) is 3.18. The number of pyridine rings is 1. The zero-order valence-corrected chi connectivity index (χ0v) is 14.0. The zero-order chi connectivity index (χ0) is 17.1. The van der Waals surface area contributed by atoms with Crippen molar-refractivity contribution in [3.8, 4) is 5.69 Å². The van der Waals surface area contributed by atoms with Crippen LogP contribution < -0.4 is 5.32 Å². The van der Waals surface area contributed by atoms with Crippen LogP contribution >= 0.6 is 0 Å². The summed E-state index contributed by atoms with van der Waals surface area (Å²) in [5.74, 6) is -0.114. The van der Waals surface area contributed by atoms with Crippen molar-refractivity contribution in [2.75, 3.05) is 0 Å². The summed E-state index contributed by atoms with van der Waals surface area (Å²) in [4.78, 5) is 16.8. The molecule has 3 aromatic rings. The third-order valence-electron chi connectivity index (χ3n) is 4.57. The average molecular weight is 332 g/mol. The van der Waals surface area contributed by atoms with Crippen molar-refractivity contribution in [2.45, 2.75) is 32.2 Å². The van der Waals surface area contributed by atoms with Crippen LogP contribution in [0, 0.1) is 0 Å². The normalized spacial score (nSPS) is 13.3. The molecule has 2 heterocycles. The second kappa shape index (κ2) is 6.89. The lowest BCUT2D eigenvalue weighted by Gasteiger charge is -2.14. The largest absolute Gasteiger partial charge is 0.346 e. The number of aromatic nitrogens is 3. The Labute approximate surface area is 146 Å². The van der Waals surface area contributed by atoms with Crippen molar-refractivity contribution in [3.05, 3.63) is 77.4 Å². The van der Waals surface area contributed by atoms with Gasteiger partial charge in [0, 0.05) is 30.2 Å². The first-order valence-electron chi connectivity index (χ1n) is 8.66. The molecule has 0 saturated heterocycles. The molecule has 0 fully saturated rings. The number of amides is 1. The van der Waals surface area contributed by atoms with E-state index in [2.05, 4.69) is 15.4 Å². The van der Waals surface area contributed by atoms with E-state index in [0.29, 0.717) is 12.2 Å². The van der Waals surface area contributed by atoms with E-state index in [1.54, 1.807) is 12.4 Å². The van der Waals surface area contributed by atoms with E-state index >= 15 is 0 Å². The van der Waals surface area contributed by atoms with Crippen LogP contribution in [0.15, 0.2) is 54.9 Å². The highest BCUT2D eigenvalue weighted by Gasteiger charge is 2.25. The van der Waals surface area contributed by atoms with Crippen molar-refractivity contribution in [3.63, 3.8) is 0 Å². The van der Waals surface area contributed by atoms with Gasteiger partial charge in [-0.25, -0.2) is 4.68 Å². The fourth-order valence-electron chi connectivity index (χ4n) is 3.33. The number of nitrogens with zero attached hydrogens (tertiary/aromatic N) is 3. The molecule has 1 aromatic carbocycles. The Morgan fingerprint density at radius 3 is 2.72 bits per heavy atom. The van der Waals surface area contributed by atoms with Crippen molar-refractivity contribution >= 4 is 5.91 Å². The molecule has 0 radical (unpaired) electrons. The molecule has 126 valence electrons. The third-order valence-corrected chi connectivity index (χ3v) is 4.57. The molecule has 25 heavy (non-hydrogen) atoms. The number of para-hydroxylation sites is 1. The Bertz CT molecular complexity index is 871. The summed E-state index contributed by atoms with van der Waals surface area (Å²) in [5.41, 5.74) is 4.81. The molecule has 0 bridgehead atoms. The van der Waals surface area contributed by atoms with E-state index in [9.17, 15) is 4.79 Å². The number of hydrogen-bond donors (Lipinski definition) is 1. The number of carbonyl (C=O) groups excluding carboxylic acids is 1. The fraction of sp³-hybridized carbons (Fsp3) is 0.250. The summed E-state index contributed by atoms with van der Waals surface area (Å²) in [5, 5.41) is 7.64. The van der Waals surface area contributed by atoms with Crippen molar-refractivity contribution in [2.24, 2.45) is 0 Å². The van der Waals surface area contributed by atoms with E-state index < -0.39 is 0 Å². The summed E-state index contributed by atoms with van der Waals surface area (Å²) < 4.78 is 1.94. The van der Waals surface area contributed by atoms with Crippen LogP contribution in [-0.4, -0.2) is 20.7 Å². The molecule has 0 aliphatic heterocycles. The monoisotopic (exact) mass is 332 g/mol. The molecule has 5 nitrogen and oxygen atoms in total. The van der Waals surface area contributed by atoms with Gasteiger partial charge in [-0.15, -0.1) is 0 Å². The minimum atomic E-state index is -0.114. The molecule has 5 heteroatoms. The summed E-state index contributed by atoms with van der Waals surface area (Å²) in [7, 11) is 0. The molecule has 2 aromatic heterocycles. The van der Waals surface area contributed by atoms with Gasteiger partial charge in [-0.2, -0.15) is 5.10 Å². The molecule has 4 rings (SSSR count). The highest BCUT2D eigenvalue weighted by molar-refractivity contribution is 5.94. The van der Waals surface area contributed by atoms with E-state index in [-0.39, 0.29) is 5.91 Å². The predicted molar refractivity (Wildman–Crippen MR) is 95.6 cm³/mol. The smallest absolute Gasteiger partial charge is 0.272 e. The summed E-state index contributed by atoms with van der Waals surface area (Å²) in [6.07, 6.45) is 7.62. The van der Waals surface area contributed by atoms with Gasteiger partial charge in [-0.05, 0) is 49.4 Å². The lowest BCUT2D eigenvalue weighted by molar-refractivity contribution is 0.0944. The molecule has 1 amide bonds. The molecular weight excluding hydrogens is 312 g/mol. The Morgan fingerprint density at radius 1 is 1.08 bits per heavy atom. The molecular formula is C20H20N4O. The van der Waals surface area contributed by atoms with Gasteiger partial charge in [-0.1, -0.05) is 24.3 Å². The highest BCUT2D eigenvalue weighted by atomic mass is 16.1. The first-order chi connectivity index (χ1) is 12.3. The lowest BCUT2D eigenvalue weighted by atomic mass is 9.95. The standard InChI is InChI=1S/C20H20N4O/c25-20(22-14-15-7-6-12-21-13-15)19-17-10-4-5-11-18(17)24(23-19)16-8-2-1-3-9-16/h1-3,6-9,12-13H,4-5,10-11,14H2,(H,22,25). The number of nitrogens with one attached hydrogen (secondary N) is 1. The van der Waals surface area contributed by atoms with E-state index in [0.717, 1.165) is 42.5 Å². The quantitative estimate of drug-likeness (QED) is 0.799. The maximum atomic E-state index is 12.7. The van der Waals surface area contributed by atoms with Crippen molar-refractivity contribution in [1.82, 2.24) is 20.1 Å². The summed E-state index contributed by atoms with van der Waals surface area (Å²) in [6, 6.07) is 13.8. The van der Waals surface area contributed by atoms with Crippen LogP contribution in [0.5, 0.6) is 0 Å². The predicted octanol–water partition coefficient (Wildman–Crippen LogP) is 3.08. The maximum Gasteiger partial charge on any atom is 0.272 e. The lowest BCUT2D eigenvalue weighted by Crippen LogP contribution is -2.24. The van der Waals surface area contributed by atoms with Gasteiger partial charge < -0.3 is 5.32 Å². The minimum absolute atomic E-state index is 0.114. The van der Waals surface area contributed by atoms with Crippen LogP contribution in [0.4, 0.5) is 0 Å². The van der Waals surface area contributed by atoms with Gasteiger partial charge in [0.1, 0.15) is 0 Å². The van der Waals surface area contributed by atoms with Crippen LogP contribution in [-0.2, 0) is 19.4 Å². The van der Waals surface area contributed by atoms with Gasteiger partial charge in [0.25, 0.3) is 5.91 Å². The zero-order valence-electron chi connectivity index (χ0n) is 14.0. The summed E-state index contributed by atoms with van der Waals surface area (Å²) >= 11 is 0. The Kier molecular flexibility index (Phi) is 4.29.